The number of aromatic nitrogens is 1. The smallest absolute Gasteiger partial charge is 0.135 e. The van der Waals surface area contributed by atoms with E-state index in [4.69, 9.17) is 10.5 Å². The van der Waals surface area contributed by atoms with E-state index in [0.717, 1.165) is 29.2 Å². The maximum atomic E-state index is 5.64. The van der Waals surface area contributed by atoms with Crippen LogP contribution < -0.4 is 15.4 Å². The first-order valence-electron chi connectivity index (χ1n) is 6.28. The fraction of sp³-hybridized carbons (Fsp3) is 0.267. The van der Waals surface area contributed by atoms with E-state index in [1.54, 1.807) is 13.3 Å². The lowest BCUT2D eigenvalue weighted by atomic mass is 10.1. The number of hydrogen-bond acceptors (Lipinski definition) is 4. The molecule has 0 aliphatic carbocycles. The first-order valence-corrected chi connectivity index (χ1v) is 6.28. The fourth-order valence-corrected chi connectivity index (χ4v) is 2.01. The summed E-state index contributed by atoms with van der Waals surface area (Å²) in [5, 5.41) is 0. The molecule has 19 heavy (non-hydrogen) atoms. The van der Waals surface area contributed by atoms with E-state index >= 15 is 0 Å². The molecule has 0 spiro atoms. The molecular weight excluding hydrogens is 238 g/mol. The average Bonchev–Trinajstić information content (AvgIpc) is 2.47. The molecule has 0 amide bonds. The SMILES string of the molecule is COc1ccc(N(C)c2ncccc2CCN)cc1. The van der Waals surface area contributed by atoms with E-state index in [-0.39, 0.29) is 0 Å². The summed E-state index contributed by atoms with van der Waals surface area (Å²) in [6.45, 7) is 0.620. The zero-order valence-electron chi connectivity index (χ0n) is 11.3. The highest BCUT2D eigenvalue weighted by atomic mass is 16.5. The minimum absolute atomic E-state index is 0.620. The maximum Gasteiger partial charge on any atom is 0.135 e. The van der Waals surface area contributed by atoms with E-state index in [1.807, 2.05) is 37.4 Å². The maximum absolute atomic E-state index is 5.64. The molecule has 0 bridgehead atoms. The largest absolute Gasteiger partial charge is 0.497 e. The van der Waals surface area contributed by atoms with Crippen molar-refractivity contribution in [3.63, 3.8) is 0 Å². The van der Waals surface area contributed by atoms with Crippen molar-refractivity contribution in [1.29, 1.82) is 0 Å². The summed E-state index contributed by atoms with van der Waals surface area (Å²) in [5.74, 6) is 1.79. The Morgan fingerprint density at radius 3 is 2.58 bits per heavy atom. The third-order valence-corrected chi connectivity index (χ3v) is 3.06. The Hall–Kier alpha value is -2.07. The second kappa shape index (κ2) is 6.20. The second-order valence-corrected chi connectivity index (χ2v) is 4.28. The van der Waals surface area contributed by atoms with Gasteiger partial charge < -0.3 is 15.4 Å². The minimum Gasteiger partial charge on any atom is -0.497 e. The molecule has 1 aromatic heterocycles. The number of methoxy groups -OCH3 is 1. The van der Waals surface area contributed by atoms with Crippen LogP contribution in [-0.2, 0) is 6.42 Å². The van der Waals surface area contributed by atoms with E-state index in [0.29, 0.717) is 6.54 Å². The van der Waals surface area contributed by atoms with Crippen molar-refractivity contribution in [3.8, 4) is 5.75 Å². The van der Waals surface area contributed by atoms with Crippen molar-refractivity contribution < 1.29 is 4.74 Å². The monoisotopic (exact) mass is 257 g/mol. The van der Waals surface area contributed by atoms with Crippen LogP contribution in [0.1, 0.15) is 5.56 Å². The van der Waals surface area contributed by atoms with Gasteiger partial charge in [-0.3, -0.25) is 0 Å². The number of nitrogens with zero attached hydrogens (tertiary/aromatic N) is 2. The van der Waals surface area contributed by atoms with Crippen molar-refractivity contribution in [2.24, 2.45) is 5.73 Å². The molecule has 100 valence electrons. The molecule has 2 N–H and O–H groups in total. The number of rotatable bonds is 5. The van der Waals surface area contributed by atoms with Crippen LogP contribution in [0.25, 0.3) is 0 Å². The van der Waals surface area contributed by atoms with Gasteiger partial charge in [0.25, 0.3) is 0 Å². The Labute approximate surface area is 113 Å². The van der Waals surface area contributed by atoms with Crippen LogP contribution in [0, 0.1) is 0 Å². The van der Waals surface area contributed by atoms with Gasteiger partial charge in [0.05, 0.1) is 7.11 Å². The normalized spacial score (nSPS) is 10.3. The Morgan fingerprint density at radius 2 is 1.95 bits per heavy atom. The van der Waals surface area contributed by atoms with Crippen molar-refractivity contribution in [3.05, 3.63) is 48.2 Å². The third kappa shape index (κ3) is 3.03. The number of nitrogens with two attached hydrogens (primary N) is 1. The number of benzene rings is 1. The molecule has 0 aliphatic rings. The van der Waals surface area contributed by atoms with E-state index < -0.39 is 0 Å². The van der Waals surface area contributed by atoms with E-state index in [9.17, 15) is 0 Å². The van der Waals surface area contributed by atoms with Crippen LogP contribution in [-0.4, -0.2) is 25.7 Å². The summed E-state index contributed by atoms with van der Waals surface area (Å²) in [7, 11) is 3.67. The summed E-state index contributed by atoms with van der Waals surface area (Å²) >= 11 is 0. The summed E-state index contributed by atoms with van der Waals surface area (Å²) < 4.78 is 5.17. The first-order chi connectivity index (χ1) is 9.26. The van der Waals surface area contributed by atoms with Crippen LogP contribution in [0.15, 0.2) is 42.6 Å². The van der Waals surface area contributed by atoms with Crippen LogP contribution >= 0.6 is 0 Å². The molecule has 4 nitrogen and oxygen atoms in total. The highest BCUT2D eigenvalue weighted by Gasteiger charge is 2.10. The molecule has 0 unspecified atom stereocenters. The molecule has 0 saturated heterocycles. The number of hydrogen-bond donors (Lipinski definition) is 1. The van der Waals surface area contributed by atoms with Gasteiger partial charge in [-0.25, -0.2) is 4.98 Å². The molecular formula is C15H19N3O. The number of ether oxygens (including phenoxy) is 1. The molecule has 0 saturated carbocycles. The van der Waals surface area contributed by atoms with Crippen molar-refractivity contribution in [1.82, 2.24) is 4.98 Å². The fourth-order valence-electron chi connectivity index (χ4n) is 2.01. The summed E-state index contributed by atoms with van der Waals surface area (Å²) in [4.78, 5) is 6.52. The van der Waals surface area contributed by atoms with Gasteiger partial charge in [-0.05, 0) is 48.9 Å². The molecule has 0 aliphatic heterocycles. The van der Waals surface area contributed by atoms with Gasteiger partial charge in [-0.15, -0.1) is 0 Å². The molecule has 1 heterocycles. The Kier molecular flexibility index (Phi) is 4.36. The molecule has 0 radical (unpaired) electrons. The standard InChI is InChI=1S/C15H19N3O/c1-18(13-5-7-14(19-2)8-6-13)15-12(9-10-16)4-3-11-17-15/h3-8,11H,9-10,16H2,1-2H3. The quantitative estimate of drug-likeness (QED) is 0.893. The number of anilines is 2. The Bertz CT molecular complexity index is 525. The highest BCUT2D eigenvalue weighted by Crippen LogP contribution is 2.26. The molecule has 2 aromatic rings. The van der Waals surface area contributed by atoms with E-state index in [2.05, 4.69) is 16.0 Å². The molecule has 4 heteroatoms. The topological polar surface area (TPSA) is 51.4 Å². The third-order valence-electron chi connectivity index (χ3n) is 3.06. The van der Waals surface area contributed by atoms with Crippen molar-refractivity contribution in [2.75, 3.05) is 25.6 Å². The highest BCUT2D eigenvalue weighted by molar-refractivity contribution is 5.62. The second-order valence-electron chi connectivity index (χ2n) is 4.28. The summed E-state index contributed by atoms with van der Waals surface area (Å²) in [6.07, 6.45) is 2.62. The van der Waals surface area contributed by atoms with Gasteiger partial charge in [-0.2, -0.15) is 0 Å². The summed E-state index contributed by atoms with van der Waals surface area (Å²) in [6, 6.07) is 11.9. The molecule has 0 fully saturated rings. The Morgan fingerprint density at radius 1 is 1.21 bits per heavy atom. The zero-order valence-corrected chi connectivity index (χ0v) is 11.3. The lowest BCUT2D eigenvalue weighted by molar-refractivity contribution is 0.415. The summed E-state index contributed by atoms with van der Waals surface area (Å²) in [5.41, 5.74) is 7.87. The van der Waals surface area contributed by atoms with Crippen LogP contribution in [0.4, 0.5) is 11.5 Å². The van der Waals surface area contributed by atoms with Crippen molar-refractivity contribution in [2.45, 2.75) is 6.42 Å². The zero-order chi connectivity index (χ0) is 13.7. The lowest BCUT2D eigenvalue weighted by Gasteiger charge is -2.21. The first kappa shape index (κ1) is 13.4. The van der Waals surface area contributed by atoms with E-state index in [1.165, 1.54) is 0 Å². The average molecular weight is 257 g/mol. The predicted octanol–water partition coefficient (Wildman–Crippen LogP) is 2.36. The number of pyridine rings is 1. The predicted molar refractivity (Wildman–Crippen MR) is 78.1 cm³/mol. The van der Waals surface area contributed by atoms with Gasteiger partial charge in [-0.1, -0.05) is 6.07 Å². The molecule has 1 aromatic carbocycles. The van der Waals surface area contributed by atoms with Gasteiger partial charge in [0.1, 0.15) is 11.6 Å². The van der Waals surface area contributed by atoms with Gasteiger partial charge in [0.15, 0.2) is 0 Å². The van der Waals surface area contributed by atoms with Crippen LogP contribution in [0.2, 0.25) is 0 Å². The van der Waals surface area contributed by atoms with Crippen molar-refractivity contribution >= 4 is 11.5 Å². The van der Waals surface area contributed by atoms with Crippen LogP contribution in [0.3, 0.4) is 0 Å². The van der Waals surface area contributed by atoms with Gasteiger partial charge in [0, 0.05) is 18.9 Å². The minimum atomic E-state index is 0.620. The molecule has 0 atom stereocenters. The van der Waals surface area contributed by atoms with Gasteiger partial charge >= 0.3 is 0 Å². The Balaban J connectivity index is 2.29. The molecule has 2 rings (SSSR count). The lowest BCUT2D eigenvalue weighted by Crippen LogP contribution is -2.15. The van der Waals surface area contributed by atoms with Crippen LogP contribution in [0.5, 0.6) is 5.75 Å². The van der Waals surface area contributed by atoms with Gasteiger partial charge in [0.2, 0.25) is 0 Å².